The van der Waals surface area contributed by atoms with Crippen molar-refractivity contribution in [1.82, 2.24) is 14.9 Å². The number of carbonyl (C=O) groups is 1. The summed E-state index contributed by atoms with van der Waals surface area (Å²) in [6.07, 6.45) is 2.63. The summed E-state index contributed by atoms with van der Waals surface area (Å²) in [6.45, 7) is 3.49. The maximum absolute atomic E-state index is 12.6. The predicted octanol–water partition coefficient (Wildman–Crippen LogP) is 2.49. The van der Waals surface area contributed by atoms with Gasteiger partial charge in [-0.2, -0.15) is 0 Å². The second kappa shape index (κ2) is 7.19. The average Bonchev–Trinajstić information content (AvgIpc) is 3.04. The molecule has 0 radical (unpaired) electrons. The Morgan fingerprint density at radius 2 is 2.04 bits per heavy atom. The van der Waals surface area contributed by atoms with Crippen LogP contribution in [0.5, 0.6) is 0 Å². The highest BCUT2D eigenvalue weighted by Gasteiger charge is 2.28. The van der Waals surface area contributed by atoms with Crippen molar-refractivity contribution in [1.29, 1.82) is 0 Å². The molecule has 1 aliphatic carbocycles. The Labute approximate surface area is 150 Å². The number of carbonyl (C=O) groups excluding carboxylic acids is 1. The Kier molecular flexibility index (Phi) is 5.16. The summed E-state index contributed by atoms with van der Waals surface area (Å²) < 4.78 is 27.8. The van der Waals surface area contributed by atoms with Crippen LogP contribution in [-0.4, -0.2) is 24.5 Å². The van der Waals surface area contributed by atoms with Gasteiger partial charge in [0.15, 0.2) is 0 Å². The SMILES string of the molecule is CC(C)C(=O)Nc1nnc(S(=O)(=O)N[C@@H]2CCCc3ccccc32)s1. The van der Waals surface area contributed by atoms with Gasteiger partial charge in [-0.15, -0.1) is 10.2 Å². The summed E-state index contributed by atoms with van der Waals surface area (Å²) in [5, 5.41) is 10.2. The first kappa shape index (κ1) is 18.0. The van der Waals surface area contributed by atoms with E-state index in [0.717, 1.165) is 36.2 Å². The molecule has 9 heteroatoms. The second-order valence-corrected chi connectivity index (χ2v) is 9.15. The van der Waals surface area contributed by atoms with Gasteiger partial charge in [0.1, 0.15) is 0 Å². The summed E-state index contributed by atoms with van der Waals surface area (Å²) in [7, 11) is -3.79. The average molecular weight is 380 g/mol. The molecule has 0 saturated carbocycles. The minimum absolute atomic E-state index is 0.144. The third kappa shape index (κ3) is 4.05. The number of hydrogen-bond acceptors (Lipinski definition) is 6. The lowest BCUT2D eigenvalue weighted by molar-refractivity contribution is -0.118. The smallest absolute Gasteiger partial charge is 0.270 e. The van der Waals surface area contributed by atoms with E-state index in [-0.39, 0.29) is 27.3 Å². The molecule has 1 aromatic heterocycles. The second-order valence-electron chi connectivity index (χ2n) is 6.28. The highest BCUT2D eigenvalue weighted by atomic mass is 32.2. The molecule has 1 amide bonds. The van der Waals surface area contributed by atoms with Crippen molar-refractivity contribution in [3.63, 3.8) is 0 Å². The maximum atomic E-state index is 12.6. The lowest BCUT2D eigenvalue weighted by atomic mass is 9.88. The van der Waals surface area contributed by atoms with Gasteiger partial charge in [0.05, 0.1) is 0 Å². The normalized spacial score (nSPS) is 17.3. The fraction of sp³-hybridized carbons (Fsp3) is 0.438. The molecule has 0 aliphatic heterocycles. The third-order valence-electron chi connectivity index (χ3n) is 4.06. The van der Waals surface area contributed by atoms with Crippen molar-refractivity contribution in [2.45, 2.75) is 43.5 Å². The van der Waals surface area contributed by atoms with Gasteiger partial charge >= 0.3 is 0 Å². The minimum atomic E-state index is -3.79. The number of aryl methyl sites for hydroxylation is 1. The van der Waals surface area contributed by atoms with Gasteiger partial charge in [0.25, 0.3) is 10.0 Å². The van der Waals surface area contributed by atoms with E-state index >= 15 is 0 Å². The van der Waals surface area contributed by atoms with Crippen molar-refractivity contribution >= 4 is 32.4 Å². The van der Waals surface area contributed by atoms with E-state index in [1.165, 1.54) is 5.56 Å². The zero-order valence-corrected chi connectivity index (χ0v) is 15.7. The quantitative estimate of drug-likeness (QED) is 0.776. The van der Waals surface area contributed by atoms with Gasteiger partial charge in [-0.1, -0.05) is 49.4 Å². The monoisotopic (exact) mass is 380 g/mol. The number of nitrogens with one attached hydrogen (secondary N) is 2. The Bertz CT molecular complexity index is 877. The summed E-state index contributed by atoms with van der Waals surface area (Å²) in [5.41, 5.74) is 2.18. The van der Waals surface area contributed by atoms with E-state index in [2.05, 4.69) is 20.2 Å². The minimum Gasteiger partial charge on any atom is -0.300 e. The van der Waals surface area contributed by atoms with Crippen LogP contribution in [0.4, 0.5) is 5.13 Å². The molecule has 3 rings (SSSR count). The number of anilines is 1. The molecule has 1 heterocycles. The van der Waals surface area contributed by atoms with Gasteiger partial charge in [0.2, 0.25) is 15.4 Å². The molecule has 1 atom stereocenters. The van der Waals surface area contributed by atoms with Crippen LogP contribution >= 0.6 is 11.3 Å². The molecule has 0 spiro atoms. The molecular weight excluding hydrogens is 360 g/mol. The molecule has 0 fully saturated rings. The molecule has 134 valence electrons. The molecule has 1 aliphatic rings. The Hall–Kier alpha value is -1.84. The highest BCUT2D eigenvalue weighted by Crippen LogP contribution is 2.31. The summed E-state index contributed by atoms with van der Waals surface area (Å²) in [5.74, 6) is -0.449. The summed E-state index contributed by atoms with van der Waals surface area (Å²) >= 11 is 0.851. The number of amides is 1. The topological polar surface area (TPSA) is 101 Å². The Morgan fingerprint density at radius 1 is 1.28 bits per heavy atom. The Balaban J connectivity index is 1.77. The van der Waals surface area contributed by atoms with Crippen molar-refractivity contribution in [2.75, 3.05) is 5.32 Å². The highest BCUT2D eigenvalue weighted by molar-refractivity contribution is 7.91. The zero-order chi connectivity index (χ0) is 18.0. The first-order valence-corrected chi connectivity index (χ1v) is 10.4. The van der Waals surface area contributed by atoms with E-state index in [4.69, 9.17) is 0 Å². The lowest BCUT2D eigenvalue weighted by Gasteiger charge is -2.25. The van der Waals surface area contributed by atoms with Crippen molar-refractivity contribution in [2.24, 2.45) is 5.92 Å². The van der Waals surface area contributed by atoms with Gasteiger partial charge < -0.3 is 5.32 Å². The van der Waals surface area contributed by atoms with Crippen LogP contribution in [0.25, 0.3) is 0 Å². The van der Waals surface area contributed by atoms with Gasteiger partial charge in [-0.25, -0.2) is 13.1 Å². The molecule has 1 aromatic carbocycles. The van der Waals surface area contributed by atoms with Gasteiger partial charge in [-0.3, -0.25) is 4.79 Å². The third-order valence-corrected chi connectivity index (χ3v) is 6.74. The number of sulfonamides is 1. The van der Waals surface area contributed by atoms with E-state index in [1.54, 1.807) is 13.8 Å². The van der Waals surface area contributed by atoms with Crippen LogP contribution in [0.15, 0.2) is 28.6 Å². The lowest BCUT2D eigenvalue weighted by Crippen LogP contribution is -2.31. The summed E-state index contributed by atoms with van der Waals surface area (Å²) in [6, 6.07) is 7.59. The number of aromatic nitrogens is 2. The molecule has 7 nitrogen and oxygen atoms in total. The van der Waals surface area contributed by atoms with E-state index in [9.17, 15) is 13.2 Å². The first-order valence-electron chi connectivity index (χ1n) is 8.11. The van der Waals surface area contributed by atoms with Crippen molar-refractivity contribution in [3.8, 4) is 0 Å². The van der Waals surface area contributed by atoms with E-state index < -0.39 is 10.0 Å². The number of fused-ring (bicyclic) bond motifs is 1. The molecule has 2 N–H and O–H groups in total. The predicted molar refractivity (Wildman–Crippen MR) is 95.8 cm³/mol. The van der Waals surface area contributed by atoms with Crippen molar-refractivity contribution < 1.29 is 13.2 Å². The van der Waals surface area contributed by atoms with Crippen LogP contribution in [0.1, 0.15) is 43.9 Å². The van der Waals surface area contributed by atoms with Crippen LogP contribution < -0.4 is 10.0 Å². The molecule has 2 aromatic rings. The van der Waals surface area contributed by atoms with Gasteiger partial charge in [-0.05, 0) is 30.4 Å². The fourth-order valence-electron chi connectivity index (χ4n) is 2.73. The molecule has 0 unspecified atom stereocenters. The van der Waals surface area contributed by atoms with Crippen LogP contribution in [0.2, 0.25) is 0 Å². The number of hydrogen-bond donors (Lipinski definition) is 2. The molecular formula is C16H20N4O3S2. The standard InChI is InChI=1S/C16H20N4O3S2/c1-10(2)14(21)17-15-18-19-16(24-15)25(22,23)20-13-9-5-7-11-6-3-4-8-12(11)13/h3-4,6,8,10,13,20H,5,7,9H2,1-2H3,(H,17,18,21)/t13-/m1/s1. The van der Waals surface area contributed by atoms with Crippen LogP contribution in [0.3, 0.4) is 0 Å². The zero-order valence-electron chi connectivity index (χ0n) is 14.0. The van der Waals surface area contributed by atoms with Gasteiger partial charge in [0, 0.05) is 12.0 Å². The number of rotatable bonds is 5. The Morgan fingerprint density at radius 3 is 2.80 bits per heavy atom. The molecule has 0 saturated heterocycles. The largest absolute Gasteiger partial charge is 0.300 e. The van der Waals surface area contributed by atoms with E-state index in [1.807, 2.05) is 24.3 Å². The molecule has 0 bridgehead atoms. The van der Waals surface area contributed by atoms with Crippen LogP contribution in [0, 0.1) is 5.92 Å². The van der Waals surface area contributed by atoms with Crippen LogP contribution in [-0.2, 0) is 21.2 Å². The summed E-state index contributed by atoms with van der Waals surface area (Å²) in [4.78, 5) is 11.7. The van der Waals surface area contributed by atoms with Crippen molar-refractivity contribution in [3.05, 3.63) is 35.4 Å². The first-order chi connectivity index (χ1) is 11.9. The molecule has 25 heavy (non-hydrogen) atoms. The maximum Gasteiger partial charge on any atom is 0.270 e. The number of benzene rings is 1. The van der Waals surface area contributed by atoms with E-state index in [0.29, 0.717) is 0 Å². The number of nitrogens with zero attached hydrogens (tertiary/aromatic N) is 2. The fourth-order valence-corrected chi connectivity index (χ4v) is 4.90.